The van der Waals surface area contributed by atoms with E-state index in [1.807, 2.05) is 0 Å². The quantitative estimate of drug-likeness (QED) is 0.658. The Morgan fingerprint density at radius 3 is 2.67 bits per heavy atom. The van der Waals surface area contributed by atoms with Crippen molar-refractivity contribution in [2.24, 2.45) is 0 Å². The summed E-state index contributed by atoms with van der Waals surface area (Å²) < 4.78 is 56.5. The summed E-state index contributed by atoms with van der Waals surface area (Å²) in [6, 6.07) is 2.62. The van der Waals surface area contributed by atoms with Crippen LogP contribution in [0.5, 0.6) is 0 Å². The smallest absolute Gasteiger partial charge is 0.378 e. The third-order valence-electron chi connectivity index (χ3n) is 3.53. The summed E-state index contributed by atoms with van der Waals surface area (Å²) in [6.07, 6.45) is -0.199. The number of halogens is 4. The van der Waals surface area contributed by atoms with Crippen LogP contribution in [-0.2, 0) is 17.5 Å². The van der Waals surface area contributed by atoms with E-state index in [1.54, 1.807) is 0 Å². The highest BCUT2D eigenvalue weighted by atomic mass is 19.4. The van der Waals surface area contributed by atoms with E-state index in [0.717, 1.165) is 44.4 Å². The molecule has 0 amide bonds. The Morgan fingerprint density at radius 1 is 1.19 bits per heavy atom. The highest BCUT2D eigenvalue weighted by molar-refractivity contribution is 5.26. The van der Waals surface area contributed by atoms with Gasteiger partial charge in [0.15, 0.2) is 0 Å². The second-order valence-electron chi connectivity index (χ2n) is 5.30. The third-order valence-corrected chi connectivity index (χ3v) is 3.53. The Bertz CT molecular complexity index is 455. The summed E-state index contributed by atoms with van der Waals surface area (Å²) in [7, 11) is 0. The molecular weight excluding hydrogens is 286 g/mol. The molecule has 0 bridgehead atoms. The van der Waals surface area contributed by atoms with Gasteiger partial charge in [-0.2, -0.15) is 13.2 Å². The molecule has 1 saturated heterocycles. The molecule has 1 aliphatic heterocycles. The van der Waals surface area contributed by atoms with Crippen LogP contribution < -0.4 is 5.32 Å². The molecule has 1 atom stereocenters. The zero-order chi connectivity index (χ0) is 15.3. The number of benzene rings is 1. The van der Waals surface area contributed by atoms with Crippen molar-refractivity contribution in [3.05, 3.63) is 35.1 Å². The van der Waals surface area contributed by atoms with Crippen molar-refractivity contribution in [2.75, 3.05) is 13.2 Å². The highest BCUT2D eigenvalue weighted by Crippen LogP contribution is 2.30. The van der Waals surface area contributed by atoms with E-state index in [2.05, 4.69) is 5.32 Å². The molecule has 2 nitrogen and oxygen atoms in total. The Kier molecular flexibility index (Phi) is 5.58. The predicted octanol–water partition coefficient (Wildman–Crippen LogP) is 3.89. The molecule has 1 aromatic carbocycles. The summed E-state index contributed by atoms with van der Waals surface area (Å²) in [6.45, 7) is 1.64. The maximum absolute atomic E-state index is 13.2. The molecular formula is C15H19F4NO. The predicted molar refractivity (Wildman–Crippen MR) is 71.3 cm³/mol. The molecule has 0 aromatic heterocycles. The number of hydrogen-bond acceptors (Lipinski definition) is 2. The first-order valence-corrected chi connectivity index (χ1v) is 7.14. The Labute approximate surface area is 121 Å². The van der Waals surface area contributed by atoms with Crippen molar-refractivity contribution < 1.29 is 22.3 Å². The van der Waals surface area contributed by atoms with Crippen molar-refractivity contribution >= 4 is 0 Å². The standard InChI is InChI=1S/C15H19F4NO/c16-13-8-11(7-12(9-13)15(17,18)19)10-20-5-4-14-3-1-2-6-21-14/h7-9,14,20H,1-6,10H2. The highest BCUT2D eigenvalue weighted by Gasteiger charge is 2.31. The van der Waals surface area contributed by atoms with Crippen molar-refractivity contribution in [1.29, 1.82) is 0 Å². The zero-order valence-corrected chi connectivity index (χ0v) is 11.7. The molecule has 1 N–H and O–H groups in total. The molecule has 2 rings (SSSR count). The number of nitrogens with one attached hydrogen (secondary N) is 1. The van der Waals surface area contributed by atoms with Gasteiger partial charge in [0, 0.05) is 13.2 Å². The lowest BCUT2D eigenvalue weighted by Crippen LogP contribution is -2.25. The van der Waals surface area contributed by atoms with Crippen LogP contribution in [0, 0.1) is 5.82 Å². The monoisotopic (exact) mass is 305 g/mol. The summed E-state index contributed by atoms with van der Waals surface area (Å²) in [5, 5.41) is 3.04. The lowest BCUT2D eigenvalue weighted by atomic mass is 10.1. The van der Waals surface area contributed by atoms with Crippen LogP contribution in [0.1, 0.15) is 36.8 Å². The zero-order valence-electron chi connectivity index (χ0n) is 11.7. The molecule has 0 radical (unpaired) electrons. The molecule has 118 valence electrons. The molecule has 6 heteroatoms. The average Bonchev–Trinajstić information content (AvgIpc) is 2.43. The number of hydrogen-bond donors (Lipinski definition) is 1. The number of alkyl halides is 3. The fourth-order valence-electron chi connectivity index (χ4n) is 2.45. The van der Waals surface area contributed by atoms with Crippen LogP contribution in [0.25, 0.3) is 0 Å². The normalized spacial score (nSPS) is 19.7. The second kappa shape index (κ2) is 7.22. The van der Waals surface area contributed by atoms with Crippen LogP contribution in [0.4, 0.5) is 17.6 Å². The Morgan fingerprint density at radius 2 is 2.00 bits per heavy atom. The summed E-state index contributed by atoms with van der Waals surface area (Å²) in [5.74, 6) is -0.864. The van der Waals surface area contributed by atoms with Gasteiger partial charge in [0.2, 0.25) is 0 Å². The molecule has 1 aromatic rings. The molecule has 0 saturated carbocycles. The third kappa shape index (κ3) is 5.28. The first-order chi connectivity index (χ1) is 9.95. The minimum absolute atomic E-state index is 0.216. The Hall–Kier alpha value is -1.14. The van der Waals surface area contributed by atoms with Gasteiger partial charge in [-0.05, 0) is 56.0 Å². The van der Waals surface area contributed by atoms with E-state index in [-0.39, 0.29) is 12.6 Å². The van der Waals surface area contributed by atoms with E-state index in [4.69, 9.17) is 4.74 Å². The van der Waals surface area contributed by atoms with Gasteiger partial charge in [0.25, 0.3) is 0 Å². The topological polar surface area (TPSA) is 21.3 Å². The first-order valence-electron chi connectivity index (χ1n) is 7.14. The minimum Gasteiger partial charge on any atom is -0.378 e. The largest absolute Gasteiger partial charge is 0.416 e. The molecule has 0 aliphatic carbocycles. The van der Waals surface area contributed by atoms with Gasteiger partial charge >= 0.3 is 6.18 Å². The van der Waals surface area contributed by atoms with E-state index in [1.165, 1.54) is 0 Å². The first kappa shape index (κ1) is 16.2. The van der Waals surface area contributed by atoms with E-state index in [9.17, 15) is 17.6 Å². The Balaban J connectivity index is 1.81. The molecule has 1 heterocycles. The lowest BCUT2D eigenvalue weighted by Gasteiger charge is -2.22. The van der Waals surface area contributed by atoms with Crippen LogP contribution in [0.3, 0.4) is 0 Å². The minimum atomic E-state index is -4.52. The fourth-order valence-corrected chi connectivity index (χ4v) is 2.45. The summed E-state index contributed by atoms with van der Waals surface area (Å²) in [5.41, 5.74) is -0.651. The van der Waals surface area contributed by atoms with Gasteiger partial charge in [-0.3, -0.25) is 0 Å². The van der Waals surface area contributed by atoms with Crippen molar-refractivity contribution in [3.8, 4) is 0 Å². The van der Waals surface area contributed by atoms with Gasteiger partial charge < -0.3 is 10.1 Å². The summed E-state index contributed by atoms with van der Waals surface area (Å²) >= 11 is 0. The van der Waals surface area contributed by atoms with Gasteiger partial charge in [0.1, 0.15) is 5.82 Å². The van der Waals surface area contributed by atoms with E-state index in [0.29, 0.717) is 18.2 Å². The summed E-state index contributed by atoms with van der Waals surface area (Å²) in [4.78, 5) is 0. The molecule has 1 unspecified atom stereocenters. The van der Waals surface area contributed by atoms with E-state index >= 15 is 0 Å². The maximum Gasteiger partial charge on any atom is 0.416 e. The molecule has 0 spiro atoms. The number of ether oxygens (including phenoxy) is 1. The SMILES string of the molecule is Fc1cc(CNCCC2CCCCO2)cc(C(F)(F)F)c1. The molecule has 21 heavy (non-hydrogen) atoms. The van der Waals surface area contributed by atoms with Gasteiger partial charge in [-0.1, -0.05) is 0 Å². The van der Waals surface area contributed by atoms with Gasteiger partial charge in [-0.25, -0.2) is 4.39 Å². The molecule has 1 aliphatic rings. The molecule has 1 fully saturated rings. The second-order valence-corrected chi connectivity index (χ2v) is 5.30. The average molecular weight is 305 g/mol. The lowest BCUT2D eigenvalue weighted by molar-refractivity contribution is -0.137. The van der Waals surface area contributed by atoms with Gasteiger partial charge in [-0.15, -0.1) is 0 Å². The van der Waals surface area contributed by atoms with Crippen molar-refractivity contribution in [1.82, 2.24) is 5.32 Å². The maximum atomic E-state index is 13.2. The van der Waals surface area contributed by atoms with Gasteiger partial charge in [0.05, 0.1) is 11.7 Å². The number of rotatable bonds is 5. The van der Waals surface area contributed by atoms with Crippen molar-refractivity contribution in [3.63, 3.8) is 0 Å². The van der Waals surface area contributed by atoms with E-state index < -0.39 is 17.6 Å². The van der Waals surface area contributed by atoms with Crippen molar-refractivity contribution in [2.45, 2.75) is 44.5 Å². The van der Waals surface area contributed by atoms with Crippen LogP contribution in [0.15, 0.2) is 18.2 Å². The fraction of sp³-hybridized carbons (Fsp3) is 0.600. The van der Waals surface area contributed by atoms with Crippen LogP contribution >= 0.6 is 0 Å². The van der Waals surface area contributed by atoms with Crippen LogP contribution in [0.2, 0.25) is 0 Å². The van der Waals surface area contributed by atoms with Crippen LogP contribution in [-0.4, -0.2) is 19.3 Å².